The molecule has 1 aliphatic carbocycles. The van der Waals surface area contributed by atoms with Crippen LogP contribution in [0.5, 0.6) is 5.75 Å². The van der Waals surface area contributed by atoms with Crippen molar-refractivity contribution in [2.45, 2.75) is 37.9 Å². The van der Waals surface area contributed by atoms with Gasteiger partial charge in [-0.25, -0.2) is 0 Å². The third-order valence-corrected chi connectivity index (χ3v) is 6.16. The van der Waals surface area contributed by atoms with Gasteiger partial charge in [0.1, 0.15) is 12.4 Å². The summed E-state index contributed by atoms with van der Waals surface area (Å²) < 4.78 is 5.47. The van der Waals surface area contributed by atoms with E-state index >= 15 is 0 Å². The molecule has 3 aromatic carbocycles. The van der Waals surface area contributed by atoms with Gasteiger partial charge in [-0.15, -0.1) is 0 Å². The van der Waals surface area contributed by atoms with Crippen molar-refractivity contribution in [3.63, 3.8) is 0 Å². The topological polar surface area (TPSA) is 67.4 Å². The lowest BCUT2D eigenvalue weighted by atomic mass is 10.0. The van der Waals surface area contributed by atoms with E-state index in [-0.39, 0.29) is 18.3 Å². The fraction of sp³-hybridized carbons (Fsp3) is 0.259. The smallest absolute Gasteiger partial charge is 0.251 e. The van der Waals surface area contributed by atoms with E-state index in [0.29, 0.717) is 30.5 Å². The number of carbonyl (C=O) groups excluding carboxylic acids is 2. The van der Waals surface area contributed by atoms with Crippen LogP contribution in [0.15, 0.2) is 72.8 Å². The fourth-order valence-electron chi connectivity index (χ4n) is 4.24. The largest absolute Gasteiger partial charge is 0.486 e. The number of nitrogens with one attached hydrogen (secondary N) is 2. The van der Waals surface area contributed by atoms with Gasteiger partial charge >= 0.3 is 0 Å². The molecule has 1 aliphatic heterocycles. The predicted octanol–water partition coefficient (Wildman–Crippen LogP) is 3.77. The van der Waals surface area contributed by atoms with Crippen molar-refractivity contribution in [2.75, 3.05) is 6.61 Å². The van der Waals surface area contributed by atoms with Gasteiger partial charge in [0.2, 0.25) is 0 Å². The summed E-state index contributed by atoms with van der Waals surface area (Å²) in [6, 6.07) is 24.4. The second-order valence-electron chi connectivity index (χ2n) is 8.57. The van der Waals surface area contributed by atoms with E-state index in [9.17, 15) is 9.59 Å². The summed E-state index contributed by atoms with van der Waals surface area (Å²) in [4.78, 5) is 24.0. The van der Waals surface area contributed by atoms with Gasteiger partial charge in [0.25, 0.3) is 5.91 Å². The zero-order valence-corrected chi connectivity index (χ0v) is 17.8. The Morgan fingerprint density at radius 3 is 2.56 bits per heavy atom. The summed E-state index contributed by atoms with van der Waals surface area (Å²) in [5, 5.41) is 6.58. The van der Waals surface area contributed by atoms with E-state index in [4.69, 9.17) is 4.74 Å². The van der Waals surface area contributed by atoms with Crippen molar-refractivity contribution in [3.05, 3.63) is 101 Å². The minimum absolute atomic E-state index is 0.0549. The van der Waals surface area contributed by atoms with Crippen LogP contribution in [-0.2, 0) is 24.3 Å². The molecule has 0 radical (unpaired) electrons. The summed E-state index contributed by atoms with van der Waals surface area (Å²) in [7, 11) is 0. The average Bonchev–Trinajstić information content (AvgIpc) is 3.61. The molecule has 2 unspecified atom stereocenters. The highest BCUT2D eigenvalue weighted by molar-refractivity contribution is 5.94. The van der Waals surface area contributed by atoms with E-state index in [2.05, 4.69) is 34.9 Å². The van der Waals surface area contributed by atoms with Gasteiger partial charge in [-0.1, -0.05) is 54.6 Å². The number of rotatable bonds is 7. The van der Waals surface area contributed by atoms with Gasteiger partial charge < -0.3 is 15.4 Å². The zero-order valence-electron chi connectivity index (χ0n) is 17.8. The molecule has 2 N–H and O–H groups in total. The van der Waals surface area contributed by atoms with Crippen LogP contribution in [0, 0.1) is 0 Å². The second-order valence-corrected chi connectivity index (χ2v) is 8.57. The number of hydrogen-bond donors (Lipinski definition) is 2. The highest BCUT2D eigenvalue weighted by atomic mass is 16.5. The molecule has 5 rings (SSSR count). The number of fused-ring (bicyclic) bond motifs is 1. The summed E-state index contributed by atoms with van der Waals surface area (Å²) in [6.45, 7) is 1.48. The zero-order chi connectivity index (χ0) is 21.9. The van der Waals surface area contributed by atoms with E-state index in [1.807, 2.05) is 48.5 Å². The lowest BCUT2D eigenvalue weighted by Crippen LogP contribution is -2.22. The van der Waals surface area contributed by atoms with Crippen molar-refractivity contribution in [1.29, 1.82) is 0 Å². The monoisotopic (exact) mass is 426 g/mol. The van der Waals surface area contributed by atoms with Gasteiger partial charge in [0.05, 0.1) is 0 Å². The molecule has 5 heteroatoms. The molecule has 0 spiro atoms. The Labute approximate surface area is 187 Å². The molecule has 2 aliphatic rings. The number of carbonyl (C=O) groups is 2. The molecular weight excluding hydrogens is 400 g/mol. The summed E-state index contributed by atoms with van der Waals surface area (Å²) in [5.41, 5.74) is 5.17. The number of ether oxygens (including phenoxy) is 1. The van der Waals surface area contributed by atoms with Gasteiger partial charge in [-0.3, -0.25) is 9.59 Å². The quantitative estimate of drug-likeness (QED) is 0.604. The third kappa shape index (κ3) is 4.73. The maximum atomic E-state index is 12.4. The molecule has 162 valence electrons. The molecule has 2 atom stereocenters. The molecule has 32 heavy (non-hydrogen) atoms. The first-order chi connectivity index (χ1) is 15.7. The van der Waals surface area contributed by atoms with E-state index in [1.54, 1.807) is 0 Å². The van der Waals surface area contributed by atoms with Crippen LogP contribution in [0.2, 0.25) is 0 Å². The van der Waals surface area contributed by atoms with Gasteiger partial charge in [0, 0.05) is 42.6 Å². The average molecular weight is 427 g/mol. The Hall–Kier alpha value is -3.44. The van der Waals surface area contributed by atoms with E-state index < -0.39 is 0 Å². The number of benzene rings is 3. The van der Waals surface area contributed by atoms with E-state index in [1.165, 1.54) is 5.56 Å². The van der Waals surface area contributed by atoms with Crippen molar-refractivity contribution in [1.82, 2.24) is 10.6 Å². The molecule has 0 bridgehead atoms. The highest BCUT2D eigenvalue weighted by Gasteiger charge is 2.37. The lowest BCUT2D eigenvalue weighted by molar-refractivity contribution is -0.121. The first-order valence-corrected chi connectivity index (χ1v) is 11.1. The molecule has 0 aromatic heterocycles. The van der Waals surface area contributed by atoms with Crippen molar-refractivity contribution >= 4 is 11.7 Å². The van der Waals surface area contributed by atoms with Gasteiger partial charge in [-0.05, 0) is 41.3 Å². The molecule has 3 aromatic rings. The molecule has 0 saturated heterocycles. The molecule has 5 nitrogen and oxygen atoms in total. The Kier molecular flexibility index (Phi) is 5.73. The summed E-state index contributed by atoms with van der Waals surface area (Å²) >= 11 is 0. The number of hydrogen-bond acceptors (Lipinski definition) is 4. The lowest BCUT2D eigenvalue weighted by Gasteiger charge is -2.17. The predicted molar refractivity (Wildman–Crippen MR) is 123 cm³/mol. The maximum Gasteiger partial charge on any atom is 0.251 e. The van der Waals surface area contributed by atoms with Crippen LogP contribution in [-0.4, -0.2) is 24.3 Å². The van der Waals surface area contributed by atoms with Gasteiger partial charge in [0.15, 0.2) is 5.78 Å². The minimum atomic E-state index is -0.0549. The molecule has 1 fully saturated rings. The molecular formula is C27H26N2O3. The fourth-order valence-corrected chi connectivity index (χ4v) is 4.24. The first-order valence-electron chi connectivity index (χ1n) is 11.1. The Morgan fingerprint density at radius 2 is 1.75 bits per heavy atom. The molecule has 1 amide bonds. The SMILES string of the molecule is O=C1COc2ccc(CNC3CC3c3ccc(C(=O)NCc4ccccc4)cc3)cc2C1. The van der Waals surface area contributed by atoms with Crippen LogP contribution in [0.1, 0.15) is 45.0 Å². The van der Waals surface area contributed by atoms with E-state index in [0.717, 1.165) is 35.4 Å². The Bertz CT molecular complexity index is 1130. The van der Waals surface area contributed by atoms with Crippen LogP contribution in [0.25, 0.3) is 0 Å². The van der Waals surface area contributed by atoms with Crippen molar-refractivity contribution in [2.24, 2.45) is 0 Å². The van der Waals surface area contributed by atoms with Crippen molar-refractivity contribution < 1.29 is 14.3 Å². The molecule has 1 saturated carbocycles. The third-order valence-electron chi connectivity index (χ3n) is 6.16. The van der Waals surface area contributed by atoms with Gasteiger partial charge in [-0.2, -0.15) is 0 Å². The summed E-state index contributed by atoms with van der Waals surface area (Å²) in [6.07, 6.45) is 1.55. The maximum absolute atomic E-state index is 12.4. The highest BCUT2D eigenvalue weighted by Crippen LogP contribution is 2.41. The minimum Gasteiger partial charge on any atom is -0.486 e. The normalized spacial score (nSPS) is 19.1. The van der Waals surface area contributed by atoms with Crippen molar-refractivity contribution in [3.8, 4) is 5.75 Å². The van der Waals surface area contributed by atoms with Crippen LogP contribution < -0.4 is 15.4 Å². The van der Waals surface area contributed by atoms with Crippen LogP contribution in [0.4, 0.5) is 0 Å². The van der Waals surface area contributed by atoms with Crippen LogP contribution >= 0.6 is 0 Å². The second kappa shape index (κ2) is 8.97. The summed E-state index contributed by atoms with van der Waals surface area (Å²) in [5.74, 6) is 1.37. The number of amides is 1. The first kappa shape index (κ1) is 20.5. The number of Topliss-reactive ketones (excluding diaryl/α,β-unsaturated/α-hetero) is 1. The Balaban J connectivity index is 1.12. The van der Waals surface area contributed by atoms with Crippen LogP contribution in [0.3, 0.4) is 0 Å². The molecule has 1 heterocycles. The number of ketones is 1. The standard InChI is InChI=1S/C27H26N2O3/c30-23-13-22-12-19(6-11-26(22)32-17-23)16-28-25-14-24(25)20-7-9-21(10-8-20)27(31)29-15-18-4-2-1-3-5-18/h1-12,24-25,28H,13-17H2,(H,29,31). The Morgan fingerprint density at radius 1 is 0.938 bits per heavy atom.